The molecule has 4 heteroatoms. The molecule has 0 fully saturated rings. The average Bonchev–Trinajstić information content (AvgIpc) is 2.37. The number of hydrogen-bond donors (Lipinski definition) is 1. The van der Waals surface area contributed by atoms with Crippen molar-refractivity contribution in [2.45, 2.75) is 33.1 Å². The third kappa shape index (κ3) is 3.95. The summed E-state index contributed by atoms with van der Waals surface area (Å²) in [5, 5.41) is 0. The van der Waals surface area contributed by atoms with Crippen molar-refractivity contribution in [3.8, 4) is 11.6 Å². The molecule has 1 aromatic carbocycles. The summed E-state index contributed by atoms with van der Waals surface area (Å²) in [6, 6.07) is 9.25. The van der Waals surface area contributed by atoms with Crippen molar-refractivity contribution in [2.75, 3.05) is 0 Å². The van der Waals surface area contributed by atoms with Crippen LogP contribution in [0.15, 0.2) is 35.1 Å². The van der Waals surface area contributed by atoms with E-state index in [4.69, 9.17) is 4.74 Å². The Balaban J connectivity index is 2.08. The molecule has 4 nitrogen and oxygen atoms in total. The van der Waals surface area contributed by atoms with Crippen molar-refractivity contribution < 1.29 is 4.74 Å². The van der Waals surface area contributed by atoms with Crippen LogP contribution < -0.4 is 10.3 Å². The van der Waals surface area contributed by atoms with Crippen molar-refractivity contribution in [3.05, 3.63) is 52.1 Å². The minimum Gasteiger partial charge on any atom is -0.439 e. The maximum absolute atomic E-state index is 11.3. The number of unbranched alkanes of at least 4 members (excludes halogenated alkanes) is 1. The lowest BCUT2D eigenvalue weighted by atomic mass is 10.1. The first-order valence-electron chi connectivity index (χ1n) is 6.52. The fraction of sp³-hybridized carbons (Fsp3) is 0.333. The van der Waals surface area contributed by atoms with Crippen LogP contribution in [0.1, 0.15) is 31.2 Å². The molecule has 0 saturated heterocycles. The number of nitrogens with one attached hydrogen (secondary N) is 1. The highest BCUT2D eigenvalue weighted by Crippen LogP contribution is 2.19. The van der Waals surface area contributed by atoms with E-state index in [1.54, 1.807) is 6.92 Å². The Hall–Kier alpha value is -2.10. The molecule has 0 amide bonds. The van der Waals surface area contributed by atoms with Gasteiger partial charge in [-0.15, -0.1) is 0 Å². The molecule has 0 saturated carbocycles. The molecule has 0 aliphatic rings. The molecule has 1 N–H and O–H groups in total. The molecule has 0 radical (unpaired) electrons. The lowest BCUT2D eigenvalue weighted by molar-refractivity contribution is 0.458. The largest absolute Gasteiger partial charge is 0.439 e. The van der Waals surface area contributed by atoms with Gasteiger partial charge in [0.15, 0.2) is 0 Å². The van der Waals surface area contributed by atoms with Gasteiger partial charge in [-0.25, -0.2) is 4.98 Å². The van der Waals surface area contributed by atoms with Gasteiger partial charge in [-0.1, -0.05) is 25.5 Å². The number of rotatable bonds is 5. The first kappa shape index (κ1) is 13.3. The summed E-state index contributed by atoms with van der Waals surface area (Å²) in [6.07, 6.45) is 3.46. The van der Waals surface area contributed by atoms with E-state index in [1.165, 1.54) is 24.5 Å². The number of aromatic nitrogens is 2. The van der Waals surface area contributed by atoms with Crippen LogP contribution in [0.3, 0.4) is 0 Å². The van der Waals surface area contributed by atoms with Crippen LogP contribution >= 0.6 is 0 Å². The van der Waals surface area contributed by atoms with Gasteiger partial charge in [0, 0.05) is 0 Å². The Bertz CT molecular complexity index is 588. The summed E-state index contributed by atoms with van der Waals surface area (Å²) in [5.74, 6) is 1.56. The molecule has 1 aromatic heterocycles. The van der Waals surface area contributed by atoms with E-state index in [1.807, 2.05) is 24.3 Å². The third-order valence-electron chi connectivity index (χ3n) is 2.80. The molecule has 1 heterocycles. The van der Waals surface area contributed by atoms with Crippen LogP contribution in [-0.4, -0.2) is 9.97 Å². The summed E-state index contributed by atoms with van der Waals surface area (Å²) in [5.41, 5.74) is 1.09. The number of H-pyrrole nitrogens is 1. The second-order valence-electron chi connectivity index (χ2n) is 4.52. The molecular formula is C15H18N2O2. The number of nitrogens with zero attached hydrogens (tertiary/aromatic N) is 1. The zero-order valence-electron chi connectivity index (χ0n) is 11.3. The van der Waals surface area contributed by atoms with Gasteiger partial charge in [0.1, 0.15) is 11.6 Å². The molecule has 2 aromatic rings. The van der Waals surface area contributed by atoms with Crippen molar-refractivity contribution in [1.82, 2.24) is 9.97 Å². The molecule has 0 aliphatic carbocycles. The summed E-state index contributed by atoms with van der Waals surface area (Å²) in [7, 11) is 0. The van der Waals surface area contributed by atoms with E-state index < -0.39 is 0 Å². The minimum absolute atomic E-state index is 0.206. The van der Waals surface area contributed by atoms with Crippen LogP contribution in [-0.2, 0) is 6.42 Å². The predicted octanol–water partition coefficient (Wildman–Crippen LogP) is 3.21. The van der Waals surface area contributed by atoms with Gasteiger partial charge in [0.2, 0.25) is 5.88 Å². The van der Waals surface area contributed by atoms with Crippen LogP contribution in [0.2, 0.25) is 0 Å². The Morgan fingerprint density at radius 3 is 2.63 bits per heavy atom. The van der Waals surface area contributed by atoms with Gasteiger partial charge in [0.05, 0.1) is 6.07 Å². The van der Waals surface area contributed by atoms with Crippen molar-refractivity contribution in [1.29, 1.82) is 0 Å². The smallest absolute Gasteiger partial charge is 0.254 e. The highest BCUT2D eigenvalue weighted by Gasteiger charge is 2.01. The van der Waals surface area contributed by atoms with Gasteiger partial charge in [-0.05, 0) is 37.5 Å². The first-order valence-corrected chi connectivity index (χ1v) is 6.52. The molecule has 0 spiro atoms. The zero-order chi connectivity index (χ0) is 13.7. The standard InChI is InChI=1S/C15H18N2O2/c1-3-4-5-12-6-8-13(9-7-12)19-15-10-14(18)16-11(2)17-15/h6-10H,3-5H2,1-2H3,(H,16,17,18). The lowest BCUT2D eigenvalue weighted by Crippen LogP contribution is -2.08. The van der Waals surface area contributed by atoms with E-state index in [0.29, 0.717) is 17.5 Å². The Kier molecular flexibility index (Phi) is 4.34. The third-order valence-corrected chi connectivity index (χ3v) is 2.80. The minimum atomic E-state index is -0.206. The summed E-state index contributed by atoms with van der Waals surface area (Å²) < 4.78 is 5.57. The quantitative estimate of drug-likeness (QED) is 0.895. The number of hydrogen-bond acceptors (Lipinski definition) is 3. The molecule has 0 atom stereocenters. The van der Waals surface area contributed by atoms with Crippen molar-refractivity contribution in [2.24, 2.45) is 0 Å². The maximum atomic E-state index is 11.3. The number of aromatic amines is 1. The Morgan fingerprint density at radius 2 is 2.00 bits per heavy atom. The number of benzene rings is 1. The van der Waals surface area contributed by atoms with Gasteiger partial charge >= 0.3 is 0 Å². The molecule has 0 unspecified atom stereocenters. The van der Waals surface area contributed by atoms with Crippen molar-refractivity contribution >= 4 is 0 Å². The predicted molar refractivity (Wildman–Crippen MR) is 74.7 cm³/mol. The summed E-state index contributed by atoms with van der Waals surface area (Å²) in [6.45, 7) is 3.90. The van der Waals surface area contributed by atoms with Crippen LogP contribution in [0.4, 0.5) is 0 Å². The van der Waals surface area contributed by atoms with E-state index in [0.717, 1.165) is 6.42 Å². The zero-order valence-corrected chi connectivity index (χ0v) is 11.3. The average molecular weight is 258 g/mol. The Morgan fingerprint density at radius 1 is 1.26 bits per heavy atom. The molecule has 0 bridgehead atoms. The van der Waals surface area contributed by atoms with Crippen molar-refractivity contribution in [3.63, 3.8) is 0 Å². The normalized spacial score (nSPS) is 10.4. The SMILES string of the molecule is CCCCc1ccc(Oc2cc(=O)[nH]c(C)n2)cc1. The first-order chi connectivity index (χ1) is 9.17. The fourth-order valence-electron chi connectivity index (χ4n) is 1.83. The highest BCUT2D eigenvalue weighted by atomic mass is 16.5. The Labute approximate surface area is 112 Å². The topological polar surface area (TPSA) is 55.0 Å². The molecule has 100 valence electrons. The second-order valence-corrected chi connectivity index (χ2v) is 4.52. The second kappa shape index (κ2) is 6.18. The highest BCUT2D eigenvalue weighted by molar-refractivity contribution is 5.30. The maximum Gasteiger partial charge on any atom is 0.254 e. The van der Waals surface area contributed by atoms with Gasteiger partial charge in [0.25, 0.3) is 5.56 Å². The van der Waals surface area contributed by atoms with E-state index in [-0.39, 0.29) is 5.56 Å². The van der Waals surface area contributed by atoms with Crippen LogP contribution in [0, 0.1) is 6.92 Å². The molecule has 0 aliphatic heterocycles. The van der Waals surface area contributed by atoms with Gasteiger partial charge in [-0.3, -0.25) is 4.79 Å². The fourth-order valence-corrected chi connectivity index (χ4v) is 1.83. The van der Waals surface area contributed by atoms with Crippen LogP contribution in [0.5, 0.6) is 11.6 Å². The molecule has 2 rings (SSSR count). The lowest BCUT2D eigenvalue weighted by Gasteiger charge is -2.06. The van der Waals surface area contributed by atoms with Gasteiger partial charge in [-0.2, -0.15) is 0 Å². The molecule has 19 heavy (non-hydrogen) atoms. The van der Waals surface area contributed by atoms with E-state index >= 15 is 0 Å². The number of aryl methyl sites for hydroxylation is 2. The molecular weight excluding hydrogens is 240 g/mol. The monoisotopic (exact) mass is 258 g/mol. The van der Waals surface area contributed by atoms with E-state index in [2.05, 4.69) is 16.9 Å². The van der Waals surface area contributed by atoms with Gasteiger partial charge < -0.3 is 9.72 Å². The summed E-state index contributed by atoms with van der Waals surface area (Å²) >= 11 is 0. The number of ether oxygens (including phenoxy) is 1. The van der Waals surface area contributed by atoms with E-state index in [9.17, 15) is 4.79 Å². The van der Waals surface area contributed by atoms with Crippen LogP contribution in [0.25, 0.3) is 0 Å². The summed E-state index contributed by atoms with van der Waals surface area (Å²) in [4.78, 5) is 18.0.